The van der Waals surface area contributed by atoms with Gasteiger partial charge in [0.2, 0.25) is 0 Å². The average Bonchev–Trinajstić information content (AvgIpc) is 2.27. The van der Waals surface area contributed by atoms with Gasteiger partial charge in [0.15, 0.2) is 6.29 Å². The third-order valence-corrected chi connectivity index (χ3v) is 3.23. The summed E-state index contributed by atoms with van der Waals surface area (Å²) < 4.78 is 2.01. The van der Waals surface area contributed by atoms with Crippen molar-refractivity contribution in [3.63, 3.8) is 0 Å². The van der Waals surface area contributed by atoms with E-state index < -0.39 is 0 Å². The number of carbonyl (C=O) groups is 1. The van der Waals surface area contributed by atoms with Crippen LogP contribution in [0.15, 0.2) is 33.5 Å². The van der Waals surface area contributed by atoms with Crippen LogP contribution in [0.1, 0.15) is 10.5 Å². The molecular weight excluding hydrogens is 258 g/mol. The molecule has 0 aliphatic heterocycles. The SMILES string of the molecule is Cn1c(C=O)c(Br)c2ccccc2c1=O. The second-order valence-electron chi connectivity index (χ2n) is 3.23. The first-order chi connectivity index (χ1) is 7.16. The summed E-state index contributed by atoms with van der Waals surface area (Å²) in [6.45, 7) is 0. The molecule has 3 nitrogen and oxygen atoms in total. The first-order valence-electron chi connectivity index (χ1n) is 4.39. The molecule has 0 bridgehead atoms. The molecule has 0 aliphatic rings. The van der Waals surface area contributed by atoms with Gasteiger partial charge in [-0.2, -0.15) is 0 Å². The maximum absolute atomic E-state index is 11.8. The Morgan fingerprint density at radius 2 is 1.87 bits per heavy atom. The van der Waals surface area contributed by atoms with E-state index in [-0.39, 0.29) is 5.56 Å². The molecule has 2 rings (SSSR count). The zero-order valence-corrected chi connectivity index (χ0v) is 9.61. The van der Waals surface area contributed by atoms with Crippen LogP contribution >= 0.6 is 15.9 Å². The summed E-state index contributed by atoms with van der Waals surface area (Å²) in [5.74, 6) is 0. The molecule has 76 valence electrons. The first-order valence-corrected chi connectivity index (χ1v) is 5.18. The molecule has 0 N–H and O–H groups in total. The predicted molar refractivity (Wildman–Crippen MR) is 62.3 cm³/mol. The lowest BCUT2D eigenvalue weighted by molar-refractivity contribution is 0.111. The van der Waals surface area contributed by atoms with Gasteiger partial charge in [-0.1, -0.05) is 18.2 Å². The van der Waals surface area contributed by atoms with Crippen LogP contribution in [0.5, 0.6) is 0 Å². The van der Waals surface area contributed by atoms with E-state index in [9.17, 15) is 9.59 Å². The van der Waals surface area contributed by atoms with Crippen LogP contribution in [-0.2, 0) is 7.05 Å². The summed E-state index contributed by atoms with van der Waals surface area (Å²) in [6.07, 6.45) is 0.678. The van der Waals surface area contributed by atoms with Crippen molar-refractivity contribution in [3.8, 4) is 0 Å². The molecule has 1 aromatic carbocycles. The molecule has 0 spiro atoms. The van der Waals surface area contributed by atoms with E-state index in [4.69, 9.17) is 0 Å². The highest BCUT2D eigenvalue weighted by Crippen LogP contribution is 2.23. The number of hydrogen-bond donors (Lipinski definition) is 0. The molecule has 0 atom stereocenters. The molecule has 2 aromatic rings. The number of carbonyl (C=O) groups excluding carboxylic acids is 1. The third-order valence-electron chi connectivity index (χ3n) is 2.40. The molecule has 4 heteroatoms. The van der Waals surface area contributed by atoms with E-state index in [2.05, 4.69) is 15.9 Å². The molecule has 0 radical (unpaired) electrons. The van der Waals surface area contributed by atoms with Crippen LogP contribution in [0, 0.1) is 0 Å². The molecule has 0 amide bonds. The Bertz CT molecular complexity index is 601. The summed E-state index contributed by atoms with van der Waals surface area (Å²) in [5, 5.41) is 1.38. The number of halogens is 1. The average molecular weight is 266 g/mol. The summed E-state index contributed by atoms with van der Waals surface area (Å²) in [4.78, 5) is 22.7. The number of aromatic nitrogens is 1. The molecule has 1 heterocycles. The summed E-state index contributed by atoms with van der Waals surface area (Å²) in [5.41, 5.74) is 0.203. The van der Waals surface area contributed by atoms with Crippen molar-refractivity contribution < 1.29 is 4.79 Å². The number of hydrogen-bond acceptors (Lipinski definition) is 2. The van der Waals surface area contributed by atoms with Crippen molar-refractivity contribution in [2.24, 2.45) is 7.05 Å². The Labute approximate surface area is 94.5 Å². The Morgan fingerprint density at radius 3 is 2.47 bits per heavy atom. The number of rotatable bonds is 1. The Morgan fingerprint density at radius 1 is 1.27 bits per heavy atom. The zero-order valence-electron chi connectivity index (χ0n) is 8.03. The third kappa shape index (κ3) is 1.41. The molecule has 0 saturated heterocycles. The highest BCUT2D eigenvalue weighted by molar-refractivity contribution is 9.10. The van der Waals surface area contributed by atoms with Crippen molar-refractivity contribution in [3.05, 3.63) is 44.8 Å². The summed E-state index contributed by atoms with van der Waals surface area (Å²) in [6, 6.07) is 7.20. The van der Waals surface area contributed by atoms with E-state index in [0.717, 1.165) is 5.39 Å². The fourth-order valence-corrected chi connectivity index (χ4v) is 2.27. The number of aldehydes is 1. The van der Waals surface area contributed by atoms with Crippen molar-refractivity contribution in [1.82, 2.24) is 4.57 Å². The highest BCUT2D eigenvalue weighted by Gasteiger charge is 2.10. The summed E-state index contributed by atoms with van der Waals surface area (Å²) in [7, 11) is 1.59. The van der Waals surface area contributed by atoms with E-state index in [1.807, 2.05) is 12.1 Å². The van der Waals surface area contributed by atoms with E-state index in [1.165, 1.54) is 4.57 Å². The molecule has 0 saturated carbocycles. The Balaban J connectivity index is 3.09. The van der Waals surface area contributed by atoms with Gasteiger partial charge < -0.3 is 4.57 Å². The van der Waals surface area contributed by atoms with Crippen LogP contribution < -0.4 is 5.56 Å². The first kappa shape index (κ1) is 10.1. The lowest BCUT2D eigenvalue weighted by Crippen LogP contribution is -2.20. The van der Waals surface area contributed by atoms with Crippen molar-refractivity contribution in [2.75, 3.05) is 0 Å². The topological polar surface area (TPSA) is 39.1 Å². The second kappa shape index (κ2) is 3.62. The standard InChI is InChI=1S/C11H8BrNO2/c1-13-9(6-14)10(12)7-4-2-3-5-8(7)11(13)15/h2-6H,1H3. The van der Waals surface area contributed by atoms with Crippen LogP contribution in [0.2, 0.25) is 0 Å². The Kier molecular flexibility index (Phi) is 2.44. The largest absolute Gasteiger partial charge is 0.307 e. The minimum atomic E-state index is -0.157. The Hall–Kier alpha value is -1.42. The number of nitrogens with zero attached hydrogens (tertiary/aromatic N) is 1. The minimum absolute atomic E-state index is 0.157. The fraction of sp³-hybridized carbons (Fsp3) is 0.0909. The van der Waals surface area contributed by atoms with E-state index in [0.29, 0.717) is 21.8 Å². The lowest BCUT2D eigenvalue weighted by Gasteiger charge is -2.07. The van der Waals surface area contributed by atoms with Crippen LogP contribution in [0.25, 0.3) is 10.8 Å². The molecule has 0 unspecified atom stereocenters. The van der Waals surface area contributed by atoms with E-state index >= 15 is 0 Å². The maximum Gasteiger partial charge on any atom is 0.258 e. The normalized spacial score (nSPS) is 10.5. The van der Waals surface area contributed by atoms with Gasteiger partial charge in [0, 0.05) is 17.8 Å². The number of fused-ring (bicyclic) bond motifs is 1. The van der Waals surface area contributed by atoms with Crippen molar-refractivity contribution >= 4 is 33.0 Å². The van der Waals surface area contributed by atoms with Gasteiger partial charge in [-0.15, -0.1) is 0 Å². The van der Waals surface area contributed by atoms with Crippen LogP contribution in [0.4, 0.5) is 0 Å². The molecule has 0 aliphatic carbocycles. The predicted octanol–water partition coefficient (Wildman–Crippen LogP) is 2.11. The lowest BCUT2D eigenvalue weighted by atomic mass is 10.1. The smallest absolute Gasteiger partial charge is 0.258 e. The van der Waals surface area contributed by atoms with Gasteiger partial charge in [-0.3, -0.25) is 9.59 Å². The van der Waals surface area contributed by atoms with Crippen LogP contribution in [-0.4, -0.2) is 10.9 Å². The highest BCUT2D eigenvalue weighted by atomic mass is 79.9. The quantitative estimate of drug-likeness (QED) is 0.741. The van der Waals surface area contributed by atoms with Gasteiger partial charge in [-0.05, 0) is 22.0 Å². The number of pyridine rings is 1. The van der Waals surface area contributed by atoms with E-state index in [1.54, 1.807) is 19.2 Å². The molecule has 15 heavy (non-hydrogen) atoms. The molecular formula is C11H8BrNO2. The monoisotopic (exact) mass is 265 g/mol. The fourth-order valence-electron chi connectivity index (χ4n) is 1.57. The van der Waals surface area contributed by atoms with Gasteiger partial charge in [-0.25, -0.2) is 0 Å². The van der Waals surface area contributed by atoms with Crippen molar-refractivity contribution in [1.29, 1.82) is 0 Å². The molecule has 1 aromatic heterocycles. The number of benzene rings is 1. The van der Waals surface area contributed by atoms with Crippen LogP contribution in [0.3, 0.4) is 0 Å². The molecule has 0 fully saturated rings. The minimum Gasteiger partial charge on any atom is -0.307 e. The van der Waals surface area contributed by atoms with Crippen molar-refractivity contribution in [2.45, 2.75) is 0 Å². The zero-order chi connectivity index (χ0) is 11.0. The second-order valence-corrected chi connectivity index (χ2v) is 4.02. The van der Waals surface area contributed by atoms with Gasteiger partial charge >= 0.3 is 0 Å². The van der Waals surface area contributed by atoms with Gasteiger partial charge in [0.1, 0.15) is 0 Å². The van der Waals surface area contributed by atoms with Gasteiger partial charge in [0.25, 0.3) is 5.56 Å². The van der Waals surface area contributed by atoms with Gasteiger partial charge in [0.05, 0.1) is 10.2 Å². The summed E-state index contributed by atoms with van der Waals surface area (Å²) >= 11 is 3.34. The maximum atomic E-state index is 11.8.